The number of hydrogen-bond donors (Lipinski definition) is 2. The van der Waals surface area contributed by atoms with Crippen molar-refractivity contribution < 1.29 is 15.0 Å². The van der Waals surface area contributed by atoms with Crippen molar-refractivity contribution in [1.29, 1.82) is 0 Å². The molecule has 4 aliphatic rings. The van der Waals surface area contributed by atoms with Crippen LogP contribution in [0.15, 0.2) is 12.2 Å². The molecule has 3 fully saturated rings. The molecule has 0 heterocycles. The summed E-state index contributed by atoms with van der Waals surface area (Å²) in [7, 11) is 0. The lowest BCUT2D eigenvalue weighted by Gasteiger charge is -2.58. The van der Waals surface area contributed by atoms with E-state index in [1.54, 1.807) is 0 Å². The average Bonchev–Trinajstić information content (AvgIpc) is 2.72. The molecule has 0 aromatic heterocycles. The van der Waals surface area contributed by atoms with Gasteiger partial charge in [-0.15, -0.1) is 0 Å². The molecule has 0 radical (unpaired) electrons. The number of carbonyl (C=O) groups is 1. The molecule has 0 aromatic carbocycles. The predicted molar refractivity (Wildman–Crippen MR) is 84.0 cm³/mol. The Hall–Kier alpha value is -0.670. The van der Waals surface area contributed by atoms with E-state index in [2.05, 4.69) is 19.9 Å². The molecule has 0 aromatic rings. The molecule has 3 nitrogen and oxygen atoms in total. The lowest BCUT2D eigenvalue weighted by molar-refractivity contribution is -0.124. The second-order valence-electron chi connectivity index (χ2n) is 8.81. The van der Waals surface area contributed by atoms with E-state index in [9.17, 15) is 15.0 Å². The van der Waals surface area contributed by atoms with Gasteiger partial charge in [0.2, 0.25) is 0 Å². The largest absolute Gasteiger partial charge is 0.390 e. The Labute approximate surface area is 132 Å². The Bertz CT molecular complexity index is 527. The quantitative estimate of drug-likeness (QED) is 0.723. The van der Waals surface area contributed by atoms with Crippen LogP contribution in [-0.2, 0) is 4.79 Å². The van der Waals surface area contributed by atoms with Crippen LogP contribution in [0.4, 0.5) is 0 Å². The van der Waals surface area contributed by atoms with E-state index in [1.165, 1.54) is 0 Å². The Balaban J connectivity index is 1.68. The van der Waals surface area contributed by atoms with E-state index in [0.29, 0.717) is 30.1 Å². The number of aliphatic hydroxyl groups excluding tert-OH is 2. The van der Waals surface area contributed by atoms with Crippen LogP contribution < -0.4 is 0 Å². The van der Waals surface area contributed by atoms with E-state index < -0.39 is 12.2 Å². The molecule has 8 atom stereocenters. The summed E-state index contributed by atoms with van der Waals surface area (Å²) in [5.74, 6) is 2.40. The smallest absolute Gasteiger partial charge is 0.155 e. The molecule has 3 saturated carbocycles. The van der Waals surface area contributed by atoms with Gasteiger partial charge in [0.25, 0.3) is 0 Å². The molecule has 122 valence electrons. The van der Waals surface area contributed by atoms with Gasteiger partial charge in [-0.3, -0.25) is 4.79 Å². The number of rotatable bonds is 0. The van der Waals surface area contributed by atoms with Crippen LogP contribution in [-0.4, -0.2) is 28.2 Å². The highest BCUT2D eigenvalue weighted by molar-refractivity contribution is 5.91. The number of ketones is 1. The maximum absolute atomic E-state index is 11.8. The van der Waals surface area contributed by atoms with Gasteiger partial charge in [-0.25, -0.2) is 0 Å². The lowest BCUT2D eigenvalue weighted by atomic mass is 9.46. The second-order valence-corrected chi connectivity index (χ2v) is 8.81. The molecule has 0 spiro atoms. The number of fused-ring (bicyclic) bond motifs is 5. The SMILES string of the molecule is CC12C=CC(=O)CC1CCC1C2CCC2(C)C(O)C(O)CC12. The van der Waals surface area contributed by atoms with Gasteiger partial charge in [0.05, 0.1) is 12.2 Å². The third-order valence-electron chi connectivity index (χ3n) is 8.01. The predicted octanol–water partition coefficient (Wildman–Crippen LogP) is 2.71. The fourth-order valence-corrected chi connectivity index (χ4v) is 6.62. The Morgan fingerprint density at radius 1 is 1.14 bits per heavy atom. The minimum Gasteiger partial charge on any atom is -0.390 e. The van der Waals surface area contributed by atoms with Crippen molar-refractivity contribution in [1.82, 2.24) is 0 Å². The highest BCUT2D eigenvalue weighted by atomic mass is 16.3. The summed E-state index contributed by atoms with van der Waals surface area (Å²) < 4.78 is 0. The van der Waals surface area contributed by atoms with Crippen molar-refractivity contribution in [3.05, 3.63) is 12.2 Å². The van der Waals surface area contributed by atoms with E-state index in [0.717, 1.165) is 32.1 Å². The molecule has 0 saturated heterocycles. The van der Waals surface area contributed by atoms with Gasteiger partial charge < -0.3 is 10.2 Å². The summed E-state index contributed by atoms with van der Waals surface area (Å²) in [6.07, 6.45) is 8.75. The second kappa shape index (κ2) is 4.67. The van der Waals surface area contributed by atoms with Crippen LogP contribution in [0, 0.1) is 34.5 Å². The van der Waals surface area contributed by atoms with E-state index >= 15 is 0 Å². The van der Waals surface area contributed by atoms with Crippen molar-refractivity contribution in [2.24, 2.45) is 34.5 Å². The highest BCUT2D eigenvalue weighted by Gasteiger charge is 2.61. The summed E-state index contributed by atoms with van der Waals surface area (Å²) in [5.41, 5.74) is 0.0225. The third kappa shape index (κ3) is 1.78. The molecular weight excluding hydrogens is 276 g/mol. The molecule has 0 aliphatic heterocycles. The molecule has 4 aliphatic carbocycles. The van der Waals surface area contributed by atoms with Crippen LogP contribution in [0.25, 0.3) is 0 Å². The molecular formula is C19H28O3. The van der Waals surface area contributed by atoms with Crippen molar-refractivity contribution in [2.45, 2.75) is 64.6 Å². The Morgan fingerprint density at radius 2 is 1.91 bits per heavy atom. The van der Waals surface area contributed by atoms with Crippen LogP contribution >= 0.6 is 0 Å². The molecule has 0 bridgehead atoms. The average molecular weight is 304 g/mol. The Morgan fingerprint density at radius 3 is 2.68 bits per heavy atom. The zero-order valence-corrected chi connectivity index (χ0v) is 13.7. The lowest BCUT2D eigenvalue weighted by Crippen LogP contribution is -2.53. The summed E-state index contributed by atoms with van der Waals surface area (Å²) >= 11 is 0. The fraction of sp³-hybridized carbons (Fsp3) is 0.842. The van der Waals surface area contributed by atoms with Gasteiger partial charge in [0.15, 0.2) is 5.78 Å². The molecule has 22 heavy (non-hydrogen) atoms. The standard InChI is InChI=1S/C19H28O3/c1-18-7-5-12(20)9-11(18)3-4-13-14(18)6-8-19(2)15(13)10-16(21)17(19)22/h5,7,11,13-17,21-22H,3-4,6,8-10H2,1-2H3. The molecule has 2 N–H and O–H groups in total. The van der Waals surface area contributed by atoms with Gasteiger partial charge in [0.1, 0.15) is 0 Å². The van der Waals surface area contributed by atoms with Crippen molar-refractivity contribution in [3.63, 3.8) is 0 Å². The van der Waals surface area contributed by atoms with Crippen LogP contribution in [0.5, 0.6) is 0 Å². The van der Waals surface area contributed by atoms with Crippen molar-refractivity contribution in [2.75, 3.05) is 0 Å². The van der Waals surface area contributed by atoms with Crippen molar-refractivity contribution >= 4 is 5.78 Å². The first kappa shape index (κ1) is 14.9. The van der Waals surface area contributed by atoms with Gasteiger partial charge in [-0.1, -0.05) is 19.9 Å². The Kier molecular flexibility index (Phi) is 3.16. The fourth-order valence-electron chi connectivity index (χ4n) is 6.62. The first-order valence-electron chi connectivity index (χ1n) is 8.94. The first-order chi connectivity index (χ1) is 10.4. The van der Waals surface area contributed by atoms with Gasteiger partial charge in [-0.05, 0) is 72.7 Å². The minimum absolute atomic E-state index is 0.113. The number of aliphatic hydroxyl groups is 2. The van der Waals surface area contributed by atoms with Gasteiger partial charge in [-0.2, -0.15) is 0 Å². The maximum Gasteiger partial charge on any atom is 0.155 e. The zero-order chi connectivity index (χ0) is 15.7. The summed E-state index contributed by atoms with van der Waals surface area (Å²) in [6, 6.07) is 0. The van der Waals surface area contributed by atoms with Crippen LogP contribution in [0.2, 0.25) is 0 Å². The maximum atomic E-state index is 11.8. The highest BCUT2D eigenvalue weighted by Crippen LogP contribution is 2.65. The molecule has 3 heteroatoms. The van der Waals surface area contributed by atoms with Crippen molar-refractivity contribution in [3.8, 4) is 0 Å². The van der Waals surface area contributed by atoms with Gasteiger partial charge >= 0.3 is 0 Å². The third-order valence-corrected chi connectivity index (χ3v) is 8.01. The summed E-state index contributed by atoms with van der Waals surface area (Å²) in [6.45, 7) is 4.53. The normalized spacial score (nSPS) is 57.2. The number of allylic oxidation sites excluding steroid dienone is 2. The summed E-state index contributed by atoms with van der Waals surface area (Å²) in [4.78, 5) is 11.8. The zero-order valence-electron chi connectivity index (χ0n) is 13.7. The molecule has 8 unspecified atom stereocenters. The monoisotopic (exact) mass is 304 g/mol. The van der Waals surface area contributed by atoms with Gasteiger partial charge in [0, 0.05) is 6.42 Å². The van der Waals surface area contributed by atoms with E-state index in [-0.39, 0.29) is 16.6 Å². The topological polar surface area (TPSA) is 57.5 Å². The minimum atomic E-state index is -0.563. The first-order valence-corrected chi connectivity index (χ1v) is 8.94. The van der Waals surface area contributed by atoms with E-state index in [1.807, 2.05) is 6.08 Å². The number of carbonyl (C=O) groups excluding carboxylic acids is 1. The van der Waals surface area contributed by atoms with Crippen LogP contribution in [0.3, 0.4) is 0 Å². The summed E-state index contributed by atoms with van der Waals surface area (Å²) in [5, 5.41) is 20.7. The number of hydrogen-bond acceptors (Lipinski definition) is 3. The molecule has 4 rings (SSSR count). The molecule has 0 amide bonds. The van der Waals surface area contributed by atoms with Crippen LogP contribution in [0.1, 0.15) is 52.4 Å². The van der Waals surface area contributed by atoms with E-state index in [4.69, 9.17) is 0 Å².